The number of likely N-dealkylation sites (tertiary alicyclic amines) is 1. The molecule has 1 saturated heterocycles. The van der Waals surface area contributed by atoms with E-state index in [0.717, 1.165) is 12.8 Å². The van der Waals surface area contributed by atoms with Gasteiger partial charge in [-0.3, -0.25) is 4.79 Å². The number of methoxy groups -OCH3 is 1. The number of nitrogens with zero attached hydrogens (tertiary/aromatic N) is 7. The van der Waals surface area contributed by atoms with Crippen molar-refractivity contribution in [2.75, 3.05) is 13.7 Å². The van der Waals surface area contributed by atoms with E-state index in [1.807, 2.05) is 6.92 Å². The average Bonchev–Trinajstić information content (AvgIpc) is 3.34. The normalized spacial score (nSPS) is 18.3. The number of pyridine rings is 2. The molecule has 1 aliphatic rings. The van der Waals surface area contributed by atoms with Gasteiger partial charge >= 0.3 is 0 Å². The minimum Gasteiger partial charge on any atom is -0.481 e. The summed E-state index contributed by atoms with van der Waals surface area (Å²) >= 11 is 0. The Kier molecular flexibility index (Phi) is 5.75. The van der Waals surface area contributed by atoms with Crippen LogP contribution in [0.3, 0.4) is 0 Å². The Morgan fingerprint density at radius 3 is 2.71 bits per heavy atom. The van der Waals surface area contributed by atoms with Gasteiger partial charge in [0.05, 0.1) is 43.2 Å². The van der Waals surface area contributed by atoms with E-state index in [1.54, 1.807) is 29.2 Å². The molecule has 10 heteroatoms. The molecule has 0 radical (unpaired) electrons. The van der Waals surface area contributed by atoms with Gasteiger partial charge in [-0.1, -0.05) is 0 Å². The van der Waals surface area contributed by atoms with Crippen molar-refractivity contribution < 1.29 is 14.3 Å². The van der Waals surface area contributed by atoms with Crippen LogP contribution in [0, 0.1) is 11.3 Å². The summed E-state index contributed by atoms with van der Waals surface area (Å²) in [5, 5.41) is 17.3. The smallest absolute Gasteiger partial charge is 0.258 e. The average molecular weight is 419 g/mol. The maximum Gasteiger partial charge on any atom is 0.258 e. The molecule has 3 aromatic heterocycles. The van der Waals surface area contributed by atoms with Gasteiger partial charge < -0.3 is 14.4 Å². The van der Waals surface area contributed by atoms with E-state index < -0.39 is 0 Å². The second kappa shape index (κ2) is 8.79. The first-order valence-corrected chi connectivity index (χ1v) is 9.84. The van der Waals surface area contributed by atoms with Gasteiger partial charge in [0.1, 0.15) is 6.10 Å². The third-order valence-corrected chi connectivity index (χ3v) is 5.15. The quantitative estimate of drug-likeness (QED) is 0.616. The molecule has 4 heterocycles. The van der Waals surface area contributed by atoms with Crippen LogP contribution in [0.1, 0.15) is 35.7 Å². The number of carbonyl (C=O) groups is 1. The summed E-state index contributed by atoms with van der Waals surface area (Å²) in [7, 11) is 1.51. The molecule has 0 spiro atoms. The molecule has 0 saturated carbocycles. The minimum atomic E-state index is -0.237. The van der Waals surface area contributed by atoms with Crippen LogP contribution < -0.4 is 9.47 Å². The molecule has 0 aliphatic carbocycles. The first-order chi connectivity index (χ1) is 15.1. The lowest BCUT2D eigenvalue weighted by molar-refractivity contribution is 0.0372. The first kappa shape index (κ1) is 20.3. The Morgan fingerprint density at radius 2 is 1.97 bits per heavy atom. The maximum atomic E-state index is 13.5. The van der Waals surface area contributed by atoms with Crippen LogP contribution in [-0.4, -0.2) is 61.6 Å². The topological polar surface area (TPSA) is 119 Å². The van der Waals surface area contributed by atoms with E-state index in [2.05, 4.69) is 26.2 Å². The molecule has 10 nitrogen and oxygen atoms in total. The molecule has 31 heavy (non-hydrogen) atoms. The first-order valence-electron chi connectivity index (χ1n) is 9.84. The standard InChI is InChI=1S/C21H21N7O3/c1-14-3-4-16(31-19-11-15(12-22)7-8-23-19)13-27(14)21(29)17-5-6-18(30-2)26-20(17)28-24-9-10-25-28/h5-11,14,16H,3-4,13H2,1-2H3/t14-,16-/m1/s1. The van der Waals surface area contributed by atoms with Crippen LogP contribution in [0.25, 0.3) is 5.82 Å². The van der Waals surface area contributed by atoms with Crippen LogP contribution in [0.2, 0.25) is 0 Å². The van der Waals surface area contributed by atoms with Crippen molar-refractivity contribution in [3.63, 3.8) is 0 Å². The molecule has 1 aliphatic heterocycles. The second-order valence-corrected chi connectivity index (χ2v) is 7.16. The maximum absolute atomic E-state index is 13.5. The van der Waals surface area contributed by atoms with Gasteiger partial charge in [0.15, 0.2) is 5.82 Å². The van der Waals surface area contributed by atoms with Gasteiger partial charge in [-0.25, -0.2) is 4.98 Å². The number of rotatable bonds is 5. The Hall–Kier alpha value is -4.00. The van der Waals surface area contributed by atoms with E-state index in [4.69, 9.17) is 14.7 Å². The molecular formula is C21H21N7O3. The number of piperidine rings is 1. The van der Waals surface area contributed by atoms with E-state index in [0.29, 0.717) is 35.2 Å². The number of hydrogen-bond donors (Lipinski definition) is 0. The Balaban J connectivity index is 1.58. The molecule has 2 atom stereocenters. The second-order valence-electron chi connectivity index (χ2n) is 7.16. The molecular weight excluding hydrogens is 398 g/mol. The van der Waals surface area contributed by atoms with Crippen LogP contribution in [-0.2, 0) is 0 Å². The summed E-state index contributed by atoms with van der Waals surface area (Å²) in [4.78, 5) is 25.1. The molecule has 3 aromatic rings. The van der Waals surface area contributed by atoms with E-state index in [-0.39, 0.29) is 18.1 Å². The zero-order chi connectivity index (χ0) is 21.8. The molecule has 1 amide bonds. The lowest BCUT2D eigenvalue weighted by Crippen LogP contribution is -2.49. The van der Waals surface area contributed by atoms with Gasteiger partial charge in [0, 0.05) is 24.4 Å². The minimum absolute atomic E-state index is 0.0197. The summed E-state index contributed by atoms with van der Waals surface area (Å²) in [6, 6.07) is 8.62. The van der Waals surface area contributed by atoms with Gasteiger partial charge in [-0.15, -0.1) is 4.80 Å². The highest BCUT2D eigenvalue weighted by atomic mass is 16.5. The number of carbonyl (C=O) groups excluding carboxylic acids is 1. The molecule has 4 rings (SSSR count). The van der Waals surface area contributed by atoms with Crippen molar-refractivity contribution in [1.82, 2.24) is 29.9 Å². The number of ether oxygens (including phenoxy) is 2. The number of hydrogen-bond acceptors (Lipinski definition) is 8. The van der Waals surface area contributed by atoms with Crippen LogP contribution in [0.5, 0.6) is 11.8 Å². The molecule has 1 fully saturated rings. The fourth-order valence-corrected chi connectivity index (χ4v) is 3.51. The highest BCUT2D eigenvalue weighted by Crippen LogP contribution is 2.25. The van der Waals surface area contributed by atoms with Crippen molar-refractivity contribution in [3.05, 3.63) is 54.0 Å². The molecule has 0 aromatic carbocycles. The van der Waals surface area contributed by atoms with Gasteiger partial charge in [0.2, 0.25) is 11.8 Å². The summed E-state index contributed by atoms with van der Waals surface area (Å²) < 4.78 is 11.2. The molecule has 0 N–H and O–H groups in total. The van der Waals surface area contributed by atoms with E-state index >= 15 is 0 Å². The Bertz CT molecular complexity index is 1110. The predicted octanol–water partition coefficient (Wildman–Crippen LogP) is 2.01. The fraction of sp³-hybridized carbons (Fsp3) is 0.333. The highest BCUT2D eigenvalue weighted by molar-refractivity contribution is 5.97. The fourth-order valence-electron chi connectivity index (χ4n) is 3.51. The molecule has 158 valence electrons. The lowest BCUT2D eigenvalue weighted by Gasteiger charge is -2.38. The Morgan fingerprint density at radius 1 is 1.16 bits per heavy atom. The van der Waals surface area contributed by atoms with Gasteiger partial charge in [-0.2, -0.15) is 20.4 Å². The van der Waals surface area contributed by atoms with Crippen LogP contribution in [0.15, 0.2) is 42.9 Å². The van der Waals surface area contributed by atoms with Gasteiger partial charge in [-0.05, 0) is 31.9 Å². The van der Waals surface area contributed by atoms with E-state index in [9.17, 15) is 4.79 Å². The van der Waals surface area contributed by atoms with Crippen molar-refractivity contribution >= 4 is 5.91 Å². The van der Waals surface area contributed by atoms with Crippen LogP contribution in [0.4, 0.5) is 0 Å². The zero-order valence-corrected chi connectivity index (χ0v) is 17.2. The largest absolute Gasteiger partial charge is 0.481 e. The van der Waals surface area contributed by atoms with Crippen molar-refractivity contribution in [3.8, 4) is 23.6 Å². The molecule has 0 bridgehead atoms. The number of aromatic nitrogens is 5. The van der Waals surface area contributed by atoms with E-state index in [1.165, 1.54) is 30.5 Å². The van der Waals surface area contributed by atoms with Crippen LogP contribution >= 0.6 is 0 Å². The van der Waals surface area contributed by atoms with Crippen molar-refractivity contribution in [2.45, 2.75) is 31.9 Å². The summed E-state index contributed by atoms with van der Waals surface area (Å²) in [6.07, 6.45) is 5.88. The van der Waals surface area contributed by atoms with Crippen molar-refractivity contribution in [1.29, 1.82) is 5.26 Å². The van der Waals surface area contributed by atoms with Crippen molar-refractivity contribution in [2.24, 2.45) is 0 Å². The lowest BCUT2D eigenvalue weighted by atomic mass is 10.00. The third kappa shape index (κ3) is 4.30. The highest BCUT2D eigenvalue weighted by Gasteiger charge is 2.33. The summed E-state index contributed by atoms with van der Waals surface area (Å²) in [5.74, 6) is 0.841. The predicted molar refractivity (Wildman–Crippen MR) is 109 cm³/mol. The number of amides is 1. The zero-order valence-electron chi connectivity index (χ0n) is 17.2. The molecule has 0 unspecified atom stereocenters. The Labute approximate surface area is 179 Å². The third-order valence-electron chi connectivity index (χ3n) is 5.15. The number of nitriles is 1. The SMILES string of the molecule is COc1ccc(C(=O)N2C[C@H](Oc3cc(C#N)ccn3)CC[C@H]2C)c(-n2nccn2)n1. The summed E-state index contributed by atoms with van der Waals surface area (Å²) in [5.41, 5.74) is 0.844. The summed E-state index contributed by atoms with van der Waals surface area (Å²) in [6.45, 7) is 2.39. The monoisotopic (exact) mass is 419 g/mol. The van der Waals surface area contributed by atoms with Gasteiger partial charge in [0.25, 0.3) is 5.91 Å².